The molecule has 1 N–H and O–H groups in total. The number of piperazine rings is 1. The van der Waals surface area contributed by atoms with Crippen LogP contribution in [0.2, 0.25) is 0 Å². The summed E-state index contributed by atoms with van der Waals surface area (Å²) < 4.78 is 0. The summed E-state index contributed by atoms with van der Waals surface area (Å²) in [5.41, 5.74) is 2.67. The van der Waals surface area contributed by atoms with Crippen LogP contribution < -0.4 is 10.2 Å². The number of nitrogens with one attached hydrogen (secondary N) is 1. The summed E-state index contributed by atoms with van der Waals surface area (Å²) in [7, 11) is 0. The van der Waals surface area contributed by atoms with Gasteiger partial charge in [0.25, 0.3) is 0 Å². The Morgan fingerprint density at radius 1 is 1.20 bits per heavy atom. The summed E-state index contributed by atoms with van der Waals surface area (Å²) >= 11 is 0. The van der Waals surface area contributed by atoms with Gasteiger partial charge in [0.05, 0.1) is 0 Å². The Kier molecular flexibility index (Phi) is 6.35. The average molecular weight is 344 g/mol. The lowest BCUT2D eigenvalue weighted by atomic mass is 10.1. The molecule has 138 valence electrons. The smallest absolute Gasteiger partial charge is 0.223 e. The Morgan fingerprint density at radius 2 is 1.92 bits per heavy atom. The lowest BCUT2D eigenvalue weighted by Crippen LogP contribution is -2.47. The molecular formula is C21H33N3O. The fourth-order valence-corrected chi connectivity index (χ4v) is 4.05. The Morgan fingerprint density at radius 3 is 2.60 bits per heavy atom. The summed E-state index contributed by atoms with van der Waals surface area (Å²) in [5, 5.41) is 3.23. The highest BCUT2D eigenvalue weighted by Crippen LogP contribution is 2.24. The van der Waals surface area contributed by atoms with Crippen molar-refractivity contribution in [1.82, 2.24) is 10.2 Å². The largest absolute Gasteiger partial charge is 0.369 e. The average Bonchev–Trinajstić information content (AvgIpc) is 3.15. The van der Waals surface area contributed by atoms with E-state index in [1.54, 1.807) is 0 Å². The van der Waals surface area contributed by atoms with Crippen LogP contribution in [-0.2, 0) is 4.79 Å². The molecule has 3 rings (SSSR count). The standard InChI is InChI=1S/C21H33N3O/c1-17-6-5-9-20(16-17)24-14-12-23(13-15-24)11-10-18(2)22-21(25)19-7-3-4-8-19/h5-6,9,16,18-19H,3-4,7-8,10-15H2,1-2H3,(H,22,25)/t18-/m0/s1. The van der Waals surface area contributed by atoms with Gasteiger partial charge < -0.3 is 10.2 Å². The zero-order chi connectivity index (χ0) is 17.6. The fourth-order valence-electron chi connectivity index (χ4n) is 4.05. The second-order valence-electron chi connectivity index (χ2n) is 7.85. The molecule has 2 aliphatic rings. The number of benzene rings is 1. The zero-order valence-electron chi connectivity index (χ0n) is 15.8. The second kappa shape index (κ2) is 8.70. The Bertz CT molecular complexity index is 560. The van der Waals surface area contributed by atoms with E-state index in [9.17, 15) is 4.79 Å². The molecule has 1 aliphatic heterocycles. The minimum Gasteiger partial charge on any atom is -0.369 e. The lowest BCUT2D eigenvalue weighted by molar-refractivity contribution is -0.125. The molecule has 1 saturated heterocycles. The maximum atomic E-state index is 12.2. The summed E-state index contributed by atoms with van der Waals surface area (Å²) in [6.07, 6.45) is 5.65. The first-order valence-electron chi connectivity index (χ1n) is 9.96. The number of hydrogen-bond donors (Lipinski definition) is 1. The highest BCUT2D eigenvalue weighted by atomic mass is 16.1. The molecule has 1 aromatic rings. The van der Waals surface area contributed by atoms with E-state index >= 15 is 0 Å². The topological polar surface area (TPSA) is 35.6 Å². The summed E-state index contributed by atoms with van der Waals surface area (Å²) in [5.74, 6) is 0.564. The summed E-state index contributed by atoms with van der Waals surface area (Å²) in [4.78, 5) is 17.2. The van der Waals surface area contributed by atoms with Gasteiger partial charge in [0.1, 0.15) is 0 Å². The monoisotopic (exact) mass is 343 g/mol. The minimum absolute atomic E-state index is 0.278. The third-order valence-corrected chi connectivity index (χ3v) is 5.73. The third kappa shape index (κ3) is 5.21. The molecular weight excluding hydrogens is 310 g/mol. The van der Waals surface area contributed by atoms with Gasteiger partial charge >= 0.3 is 0 Å². The van der Waals surface area contributed by atoms with Crippen LogP contribution in [0.1, 0.15) is 44.6 Å². The first-order valence-corrected chi connectivity index (χ1v) is 9.96. The molecule has 1 amide bonds. The minimum atomic E-state index is 0.278. The van der Waals surface area contributed by atoms with Crippen molar-refractivity contribution in [3.8, 4) is 0 Å². The van der Waals surface area contributed by atoms with Crippen molar-refractivity contribution in [3.05, 3.63) is 29.8 Å². The van der Waals surface area contributed by atoms with Gasteiger partial charge in [-0.1, -0.05) is 25.0 Å². The number of carbonyl (C=O) groups is 1. The van der Waals surface area contributed by atoms with E-state index in [2.05, 4.69) is 53.2 Å². The molecule has 4 nitrogen and oxygen atoms in total. The normalized spacial score (nSPS) is 20.6. The molecule has 1 saturated carbocycles. The second-order valence-corrected chi connectivity index (χ2v) is 7.85. The fraction of sp³-hybridized carbons (Fsp3) is 0.667. The SMILES string of the molecule is Cc1cccc(N2CCN(CC[C@H](C)NC(=O)C3CCCC3)CC2)c1. The van der Waals surface area contributed by atoms with Crippen LogP contribution in [-0.4, -0.2) is 49.6 Å². The molecule has 0 radical (unpaired) electrons. The number of anilines is 1. The van der Waals surface area contributed by atoms with Gasteiger partial charge in [-0.05, 0) is 50.8 Å². The Balaban J connectivity index is 1.36. The van der Waals surface area contributed by atoms with Crippen LogP contribution in [0.25, 0.3) is 0 Å². The van der Waals surface area contributed by atoms with E-state index in [1.165, 1.54) is 24.1 Å². The number of rotatable bonds is 6. The van der Waals surface area contributed by atoms with Gasteiger partial charge in [0, 0.05) is 50.4 Å². The molecule has 0 bridgehead atoms. The van der Waals surface area contributed by atoms with Crippen molar-refractivity contribution in [2.24, 2.45) is 5.92 Å². The van der Waals surface area contributed by atoms with Crippen molar-refractivity contribution < 1.29 is 4.79 Å². The molecule has 0 aromatic heterocycles. The van der Waals surface area contributed by atoms with E-state index in [1.807, 2.05) is 0 Å². The van der Waals surface area contributed by atoms with Crippen LogP contribution in [0.3, 0.4) is 0 Å². The van der Waals surface area contributed by atoms with Gasteiger partial charge in [0.15, 0.2) is 0 Å². The van der Waals surface area contributed by atoms with Crippen molar-refractivity contribution in [2.45, 2.75) is 52.0 Å². The van der Waals surface area contributed by atoms with Gasteiger partial charge in [-0.2, -0.15) is 0 Å². The van der Waals surface area contributed by atoms with E-state index < -0.39 is 0 Å². The maximum Gasteiger partial charge on any atom is 0.223 e. The van der Waals surface area contributed by atoms with Crippen molar-refractivity contribution >= 4 is 11.6 Å². The highest BCUT2D eigenvalue weighted by molar-refractivity contribution is 5.79. The van der Waals surface area contributed by atoms with Crippen LogP contribution in [0.15, 0.2) is 24.3 Å². The third-order valence-electron chi connectivity index (χ3n) is 5.73. The quantitative estimate of drug-likeness (QED) is 0.861. The van der Waals surface area contributed by atoms with E-state index in [0.717, 1.165) is 52.0 Å². The number of carbonyl (C=O) groups excluding carboxylic acids is 1. The molecule has 0 spiro atoms. The predicted octanol–water partition coefficient (Wildman–Crippen LogP) is 3.20. The molecule has 1 heterocycles. The van der Waals surface area contributed by atoms with Crippen LogP contribution in [0.5, 0.6) is 0 Å². The molecule has 4 heteroatoms. The molecule has 0 unspecified atom stereocenters. The summed E-state index contributed by atoms with van der Waals surface area (Å²) in [6, 6.07) is 9.06. The number of aryl methyl sites for hydroxylation is 1. The zero-order valence-corrected chi connectivity index (χ0v) is 15.8. The van der Waals surface area contributed by atoms with Gasteiger partial charge in [-0.15, -0.1) is 0 Å². The predicted molar refractivity (Wildman–Crippen MR) is 104 cm³/mol. The van der Waals surface area contributed by atoms with Crippen molar-refractivity contribution in [3.63, 3.8) is 0 Å². The van der Waals surface area contributed by atoms with Gasteiger partial charge in [0.2, 0.25) is 5.91 Å². The maximum absolute atomic E-state index is 12.2. The van der Waals surface area contributed by atoms with Crippen LogP contribution in [0, 0.1) is 12.8 Å². The molecule has 1 aliphatic carbocycles. The van der Waals surface area contributed by atoms with Crippen LogP contribution >= 0.6 is 0 Å². The number of hydrogen-bond acceptors (Lipinski definition) is 3. The van der Waals surface area contributed by atoms with Gasteiger partial charge in [-0.3, -0.25) is 9.69 Å². The van der Waals surface area contributed by atoms with Gasteiger partial charge in [-0.25, -0.2) is 0 Å². The van der Waals surface area contributed by atoms with Crippen molar-refractivity contribution in [2.75, 3.05) is 37.6 Å². The molecule has 1 aromatic carbocycles. The number of amides is 1. The van der Waals surface area contributed by atoms with E-state index in [0.29, 0.717) is 0 Å². The first kappa shape index (κ1) is 18.2. The molecule has 25 heavy (non-hydrogen) atoms. The van der Waals surface area contributed by atoms with Crippen molar-refractivity contribution in [1.29, 1.82) is 0 Å². The lowest BCUT2D eigenvalue weighted by Gasteiger charge is -2.36. The Hall–Kier alpha value is -1.55. The molecule has 2 fully saturated rings. The first-order chi connectivity index (χ1) is 12.1. The highest BCUT2D eigenvalue weighted by Gasteiger charge is 2.24. The Labute approximate surface area is 152 Å². The number of nitrogens with zero attached hydrogens (tertiary/aromatic N) is 2. The van der Waals surface area contributed by atoms with Crippen LogP contribution in [0.4, 0.5) is 5.69 Å². The molecule has 1 atom stereocenters. The summed E-state index contributed by atoms with van der Waals surface area (Å²) in [6.45, 7) is 9.78. The van der Waals surface area contributed by atoms with E-state index in [-0.39, 0.29) is 17.9 Å². The van der Waals surface area contributed by atoms with E-state index in [4.69, 9.17) is 0 Å².